The highest BCUT2D eigenvalue weighted by Crippen LogP contribution is 2.52. The van der Waals surface area contributed by atoms with Gasteiger partial charge in [0.2, 0.25) is 5.78 Å². The second-order valence-electron chi connectivity index (χ2n) is 13.0. The molecule has 2 aliphatic carbocycles. The molecule has 304 valence electrons. The number of phenols is 2. The maximum absolute atomic E-state index is 13.8. The van der Waals surface area contributed by atoms with Gasteiger partial charge in [-0.25, -0.2) is 5.43 Å². The summed E-state index contributed by atoms with van der Waals surface area (Å²) in [7, 11) is 3.81. The van der Waals surface area contributed by atoms with E-state index in [-0.39, 0.29) is 46.8 Å². The number of amides is 1. The zero-order valence-corrected chi connectivity index (χ0v) is 32.2. The minimum Gasteiger partial charge on any atom is -0.507 e. The normalized spacial score (nSPS) is 25.5. The Bertz CT molecular complexity index is 1670. The van der Waals surface area contributed by atoms with Crippen LogP contribution in [0.25, 0.3) is 0 Å². The van der Waals surface area contributed by atoms with Crippen molar-refractivity contribution in [2.24, 2.45) is 5.73 Å². The summed E-state index contributed by atoms with van der Waals surface area (Å²) in [5, 5.41) is 45.1. The average molecular weight is 793 g/mol. The van der Waals surface area contributed by atoms with Crippen LogP contribution in [0, 0.1) is 0 Å². The number of nitrogens with one attached hydrogen (secondary N) is 3. The number of nitrogens with two attached hydrogens (primary N) is 1. The Labute approximate surface area is 323 Å². The summed E-state index contributed by atoms with van der Waals surface area (Å²) in [6, 6.07) is 4.48. The van der Waals surface area contributed by atoms with Crippen molar-refractivity contribution in [3.63, 3.8) is 0 Å². The molecule has 0 radical (unpaired) electrons. The van der Waals surface area contributed by atoms with Crippen molar-refractivity contribution in [2.75, 3.05) is 59.1 Å². The number of phenolic OH excluding ortho intramolecular Hbond substituents is 2. The molecule has 2 unspecified atom stereocenters. The molecule has 2 heterocycles. The largest absolute Gasteiger partial charge is 0.507 e. The monoisotopic (exact) mass is 792 g/mol. The molecule has 2 saturated heterocycles. The number of aliphatic hydroxyl groups excluding tert-OH is 1. The first-order valence-corrected chi connectivity index (χ1v) is 19.1. The molecular weight excluding hydrogens is 740 g/mol. The lowest BCUT2D eigenvalue weighted by atomic mass is 9.72. The molecule has 2 fully saturated rings. The van der Waals surface area contributed by atoms with Gasteiger partial charge in [0.15, 0.2) is 17.7 Å². The van der Waals surface area contributed by atoms with Crippen LogP contribution in [0.2, 0.25) is 0 Å². The number of hydrazine groups is 1. The zero-order valence-electron chi connectivity index (χ0n) is 31.4. The Balaban J connectivity index is 0.000000599. The quantitative estimate of drug-likeness (QED) is 0.0541. The van der Waals surface area contributed by atoms with E-state index in [4.69, 9.17) is 34.5 Å². The third kappa shape index (κ3) is 9.83. The number of morpholine rings is 1. The minimum atomic E-state index is -2.12. The van der Waals surface area contributed by atoms with E-state index >= 15 is 0 Å². The molecule has 18 heteroatoms. The third-order valence-corrected chi connectivity index (χ3v) is 10.5. The predicted octanol–water partition coefficient (Wildman–Crippen LogP) is 0.599. The molecule has 2 aromatic carbocycles. The van der Waals surface area contributed by atoms with Crippen molar-refractivity contribution in [3.05, 3.63) is 51.6 Å². The fourth-order valence-electron chi connectivity index (χ4n) is 6.99. The SMILES string of the molecule is CNNC(=O)[C@]1(O)Cc2c(O)c3c(c(O)c2[C@@H](OC2CC[C@H](OC4COCCN4)[C@H](C)O2)C1)C(=O)c1c(OC)cccc1C3=O.CO.NCCSCCC=O. The van der Waals surface area contributed by atoms with Gasteiger partial charge in [-0.05, 0) is 25.2 Å². The fourth-order valence-corrected chi connectivity index (χ4v) is 7.62. The molecule has 0 spiro atoms. The zero-order chi connectivity index (χ0) is 40.3. The number of aldehydes is 1. The van der Waals surface area contributed by atoms with Crippen LogP contribution in [0.3, 0.4) is 0 Å². The van der Waals surface area contributed by atoms with Crippen LogP contribution in [-0.2, 0) is 35.0 Å². The molecule has 55 heavy (non-hydrogen) atoms. The fraction of sp³-hybridized carbons (Fsp3) is 0.568. The van der Waals surface area contributed by atoms with Crippen LogP contribution in [0.4, 0.5) is 0 Å². The highest BCUT2D eigenvalue weighted by atomic mass is 32.2. The maximum atomic E-state index is 13.8. The molecular formula is C37H52N4O13S. The van der Waals surface area contributed by atoms with Crippen LogP contribution in [0.1, 0.15) is 81.7 Å². The van der Waals surface area contributed by atoms with Crippen LogP contribution in [0.15, 0.2) is 18.2 Å². The molecule has 9 N–H and O–H groups in total. The van der Waals surface area contributed by atoms with E-state index in [0.29, 0.717) is 45.6 Å². The lowest BCUT2D eigenvalue weighted by molar-refractivity contribution is -0.258. The first-order chi connectivity index (χ1) is 26.5. The highest BCUT2D eigenvalue weighted by Gasteiger charge is 2.50. The number of hydrogen-bond acceptors (Lipinski definition) is 17. The van der Waals surface area contributed by atoms with Gasteiger partial charge >= 0.3 is 0 Å². The Hall–Kier alpha value is -3.69. The number of hydrogen-bond donors (Lipinski definition) is 8. The smallest absolute Gasteiger partial charge is 0.266 e. The Morgan fingerprint density at radius 3 is 2.49 bits per heavy atom. The lowest BCUT2D eigenvalue weighted by Gasteiger charge is -2.42. The number of rotatable bonds is 12. The van der Waals surface area contributed by atoms with Gasteiger partial charge < -0.3 is 54.6 Å². The van der Waals surface area contributed by atoms with Gasteiger partial charge in [-0.3, -0.25) is 25.1 Å². The molecule has 2 aliphatic heterocycles. The van der Waals surface area contributed by atoms with Crippen molar-refractivity contribution in [2.45, 2.75) is 75.5 Å². The summed E-state index contributed by atoms with van der Waals surface area (Å²) < 4.78 is 29.4. The summed E-state index contributed by atoms with van der Waals surface area (Å²) in [6.45, 7) is 4.25. The summed E-state index contributed by atoms with van der Waals surface area (Å²) in [5.74, 6) is -1.43. The van der Waals surface area contributed by atoms with Gasteiger partial charge in [0.1, 0.15) is 29.8 Å². The molecule has 6 atom stereocenters. The van der Waals surface area contributed by atoms with E-state index in [9.17, 15) is 34.5 Å². The van der Waals surface area contributed by atoms with Crippen molar-refractivity contribution in [1.29, 1.82) is 0 Å². The number of fused-ring (bicyclic) bond motifs is 3. The van der Waals surface area contributed by atoms with Gasteiger partial charge in [-0.15, -0.1) is 0 Å². The minimum absolute atomic E-state index is 0.00846. The summed E-state index contributed by atoms with van der Waals surface area (Å²) in [5.41, 5.74) is 6.96. The topological polar surface area (TPSA) is 257 Å². The van der Waals surface area contributed by atoms with Gasteiger partial charge in [0.25, 0.3) is 5.91 Å². The van der Waals surface area contributed by atoms with E-state index in [1.807, 2.05) is 6.92 Å². The van der Waals surface area contributed by atoms with Crippen molar-refractivity contribution >= 4 is 35.5 Å². The molecule has 0 aromatic heterocycles. The average Bonchev–Trinajstić information content (AvgIpc) is 3.19. The van der Waals surface area contributed by atoms with Gasteiger partial charge in [-0.1, -0.05) is 12.1 Å². The van der Waals surface area contributed by atoms with Gasteiger partial charge in [0.05, 0.1) is 55.3 Å². The van der Waals surface area contributed by atoms with Crippen molar-refractivity contribution < 1.29 is 63.3 Å². The van der Waals surface area contributed by atoms with E-state index in [1.165, 1.54) is 32.4 Å². The van der Waals surface area contributed by atoms with Crippen molar-refractivity contribution in [1.82, 2.24) is 16.2 Å². The Morgan fingerprint density at radius 1 is 1.11 bits per heavy atom. The summed E-state index contributed by atoms with van der Waals surface area (Å²) in [6.07, 6.45) is -1.31. The van der Waals surface area contributed by atoms with E-state index in [2.05, 4.69) is 16.2 Å². The van der Waals surface area contributed by atoms with E-state index in [0.717, 1.165) is 24.9 Å². The maximum Gasteiger partial charge on any atom is 0.266 e. The molecule has 0 bridgehead atoms. The lowest BCUT2D eigenvalue weighted by Crippen LogP contribution is -2.55. The second-order valence-corrected chi connectivity index (χ2v) is 14.2. The molecule has 1 amide bonds. The number of thioether (sulfide) groups is 1. The number of benzene rings is 2. The van der Waals surface area contributed by atoms with Crippen LogP contribution in [-0.4, -0.2) is 134 Å². The Kier molecular flexibility index (Phi) is 16.4. The predicted molar refractivity (Wildman–Crippen MR) is 200 cm³/mol. The van der Waals surface area contributed by atoms with Crippen molar-refractivity contribution in [3.8, 4) is 17.2 Å². The first kappa shape index (κ1) is 44.0. The first-order valence-electron chi connectivity index (χ1n) is 18.0. The second kappa shape index (κ2) is 20.5. The molecule has 6 rings (SSSR count). The van der Waals surface area contributed by atoms with Gasteiger partial charge in [-0.2, -0.15) is 11.8 Å². The standard InChI is InChI=1S/C31H37N3O11.C5H11NOS.CH4O/c1-14-17(44-20-13-42-10-9-33-20)7-8-21(43-14)45-19-12-31(40,30(39)34-32-2)11-16-23(19)29(38)25-24(27(16)36)26(35)15-5-4-6-18(41-3)22(15)28(25)37;6-2-5-8-4-1-3-7;1-2/h4-6,14,17,19-21,32-33,36,38,40H,7-13H2,1-3H3,(H,34,39);3H,1-2,4-6H2;2H,1H3/t14-,17-,19-,20?,21?,31-;;/m0../s1. The van der Waals surface area contributed by atoms with Gasteiger partial charge in [0, 0.05) is 75.4 Å². The number of ether oxygens (including phenoxy) is 5. The van der Waals surface area contributed by atoms with Crippen LogP contribution >= 0.6 is 11.8 Å². The van der Waals surface area contributed by atoms with E-state index < -0.39 is 70.6 Å². The number of aromatic hydroxyl groups is 2. The highest BCUT2D eigenvalue weighted by molar-refractivity contribution is 7.99. The molecule has 17 nitrogen and oxygen atoms in total. The molecule has 2 aromatic rings. The third-order valence-electron chi connectivity index (χ3n) is 9.50. The number of methoxy groups -OCH3 is 1. The van der Waals surface area contributed by atoms with Crippen LogP contribution < -0.4 is 26.6 Å². The van der Waals surface area contributed by atoms with E-state index in [1.54, 1.807) is 11.8 Å². The Morgan fingerprint density at radius 2 is 1.85 bits per heavy atom. The number of carbonyl (C=O) groups is 4. The number of aliphatic hydroxyl groups is 2. The number of ketones is 2. The summed E-state index contributed by atoms with van der Waals surface area (Å²) in [4.78, 5) is 50.3. The molecule has 4 aliphatic rings. The number of carbonyl (C=O) groups excluding carboxylic acids is 4. The summed E-state index contributed by atoms with van der Waals surface area (Å²) >= 11 is 1.72. The molecule has 0 saturated carbocycles. The van der Waals surface area contributed by atoms with Crippen LogP contribution in [0.5, 0.6) is 17.2 Å².